The number of rotatable bonds is 1. The van der Waals surface area contributed by atoms with Crippen molar-refractivity contribution in [2.45, 2.75) is 51.4 Å². The van der Waals surface area contributed by atoms with Gasteiger partial charge < -0.3 is 5.11 Å². The Balaban J connectivity index is 0.000000861. The SMILES string of the molecule is CC1(C)CCC(C)(C)c2cc(C(=O)O)ccc21.NN. The molecule has 5 N–H and O–H groups in total. The Morgan fingerprint density at radius 2 is 1.53 bits per heavy atom. The maximum Gasteiger partial charge on any atom is 0.335 e. The molecule has 106 valence electrons. The van der Waals surface area contributed by atoms with Crippen LogP contribution in [0.4, 0.5) is 0 Å². The van der Waals surface area contributed by atoms with Crippen molar-refractivity contribution in [3.05, 3.63) is 34.9 Å². The van der Waals surface area contributed by atoms with Crippen molar-refractivity contribution in [2.24, 2.45) is 11.7 Å². The first kappa shape index (κ1) is 15.7. The maximum atomic E-state index is 11.1. The van der Waals surface area contributed by atoms with E-state index < -0.39 is 5.97 Å². The van der Waals surface area contributed by atoms with Gasteiger partial charge in [0.15, 0.2) is 0 Å². The Morgan fingerprint density at radius 3 is 2.00 bits per heavy atom. The van der Waals surface area contributed by atoms with Crippen molar-refractivity contribution >= 4 is 5.97 Å². The summed E-state index contributed by atoms with van der Waals surface area (Å²) in [6, 6.07) is 5.59. The third kappa shape index (κ3) is 2.96. The van der Waals surface area contributed by atoms with Gasteiger partial charge in [-0.05, 0) is 46.9 Å². The number of carboxylic acids is 1. The van der Waals surface area contributed by atoms with E-state index in [0.717, 1.165) is 12.8 Å². The Bertz CT molecular complexity index is 479. The Labute approximate surface area is 114 Å². The molecule has 19 heavy (non-hydrogen) atoms. The molecule has 0 atom stereocenters. The fourth-order valence-electron chi connectivity index (χ4n) is 2.72. The molecule has 2 rings (SSSR count). The molecule has 0 saturated heterocycles. The van der Waals surface area contributed by atoms with Gasteiger partial charge in [0, 0.05) is 0 Å². The van der Waals surface area contributed by atoms with Crippen LogP contribution >= 0.6 is 0 Å². The molecular formula is C15H24N2O2. The Morgan fingerprint density at radius 1 is 1.05 bits per heavy atom. The molecule has 0 radical (unpaired) electrons. The molecule has 0 fully saturated rings. The summed E-state index contributed by atoms with van der Waals surface area (Å²) in [6.45, 7) is 8.88. The van der Waals surface area contributed by atoms with E-state index in [1.807, 2.05) is 12.1 Å². The highest BCUT2D eigenvalue weighted by molar-refractivity contribution is 5.88. The van der Waals surface area contributed by atoms with E-state index in [2.05, 4.69) is 39.4 Å². The van der Waals surface area contributed by atoms with Gasteiger partial charge in [0.1, 0.15) is 0 Å². The van der Waals surface area contributed by atoms with Crippen LogP contribution in [0, 0.1) is 0 Å². The van der Waals surface area contributed by atoms with Crippen molar-refractivity contribution < 1.29 is 9.90 Å². The topological polar surface area (TPSA) is 89.3 Å². The van der Waals surface area contributed by atoms with Gasteiger partial charge in [-0.1, -0.05) is 33.8 Å². The summed E-state index contributed by atoms with van der Waals surface area (Å²) in [7, 11) is 0. The first-order chi connectivity index (χ1) is 8.74. The number of nitrogens with two attached hydrogens (primary N) is 2. The van der Waals surface area contributed by atoms with Crippen LogP contribution in [-0.2, 0) is 10.8 Å². The highest BCUT2D eigenvalue weighted by Gasteiger charge is 2.37. The quantitative estimate of drug-likeness (QED) is 0.537. The number of hydrogen-bond acceptors (Lipinski definition) is 3. The summed E-state index contributed by atoms with van der Waals surface area (Å²) >= 11 is 0. The van der Waals surface area contributed by atoms with Crippen LogP contribution < -0.4 is 11.7 Å². The van der Waals surface area contributed by atoms with E-state index in [4.69, 9.17) is 5.11 Å². The van der Waals surface area contributed by atoms with Crippen molar-refractivity contribution in [2.75, 3.05) is 0 Å². The molecule has 4 heteroatoms. The minimum atomic E-state index is -0.841. The molecule has 1 aromatic rings. The van der Waals surface area contributed by atoms with Crippen LogP contribution in [0.2, 0.25) is 0 Å². The molecule has 0 amide bonds. The monoisotopic (exact) mass is 264 g/mol. The molecule has 1 aliphatic carbocycles. The van der Waals surface area contributed by atoms with Crippen molar-refractivity contribution in [1.29, 1.82) is 0 Å². The average molecular weight is 264 g/mol. The maximum absolute atomic E-state index is 11.1. The summed E-state index contributed by atoms with van der Waals surface area (Å²) in [5.74, 6) is 7.16. The lowest BCUT2D eigenvalue weighted by atomic mass is 9.63. The van der Waals surface area contributed by atoms with Gasteiger partial charge in [-0.15, -0.1) is 0 Å². The molecule has 0 aromatic heterocycles. The predicted octanol–water partition coefficient (Wildman–Crippen LogP) is 2.55. The molecule has 0 spiro atoms. The first-order valence-corrected chi connectivity index (χ1v) is 6.46. The molecule has 4 nitrogen and oxygen atoms in total. The van der Waals surface area contributed by atoms with Gasteiger partial charge in [0.2, 0.25) is 0 Å². The molecule has 1 aromatic carbocycles. The lowest BCUT2D eigenvalue weighted by molar-refractivity contribution is 0.0696. The molecule has 1 aliphatic rings. The lowest BCUT2D eigenvalue weighted by Crippen LogP contribution is -2.34. The highest BCUT2D eigenvalue weighted by Crippen LogP contribution is 2.45. The normalized spacial score (nSPS) is 18.8. The van der Waals surface area contributed by atoms with Gasteiger partial charge in [-0.2, -0.15) is 0 Å². The second-order valence-electron chi connectivity index (χ2n) is 6.33. The molecule has 0 saturated carbocycles. The summed E-state index contributed by atoms with van der Waals surface area (Å²) in [5, 5.41) is 9.09. The lowest BCUT2D eigenvalue weighted by Gasteiger charge is -2.41. The van der Waals surface area contributed by atoms with E-state index >= 15 is 0 Å². The van der Waals surface area contributed by atoms with E-state index in [0.29, 0.717) is 5.56 Å². The van der Waals surface area contributed by atoms with E-state index in [1.54, 1.807) is 6.07 Å². The first-order valence-electron chi connectivity index (χ1n) is 6.46. The van der Waals surface area contributed by atoms with Gasteiger partial charge in [0.05, 0.1) is 5.56 Å². The number of aromatic carboxylic acids is 1. The van der Waals surface area contributed by atoms with Crippen LogP contribution in [0.1, 0.15) is 62.0 Å². The van der Waals surface area contributed by atoms with Crippen LogP contribution in [0.25, 0.3) is 0 Å². The van der Waals surface area contributed by atoms with Gasteiger partial charge in [-0.25, -0.2) is 4.79 Å². The van der Waals surface area contributed by atoms with Crippen molar-refractivity contribution in [3.63, 3.8) is 0 Å². The van der Waals surface area contributed by atoms with E-state index in [9.17, 15) is 4.79 Å². The molecular weight excluding hydrogens is 240 g/mol. The zero-order valence-corrected chi connectivity index (χ0v) is 12.2. The molecule has 0 heterocycles. The molecule has 0 unspecified atom stereocenters. The molecule has 0 aliphatic heterocycles. The largest absolute Gasteiger partial charge is 0.478 e. The zero-order chi connectivity index (χ0) is 14.8. The average Bonchev–Trinajstić information content (AvgIpc) is 2.37. The van der Waals surface area contributed by atoms with Gasteiger partial charge in [0.25, 0.3) is 0 Å². The minimum absolute atomic E-state index is 0.0797. The second-order valence-corrected chi connectivity index (χ2v) is 6.33. The fourth-order valence-corrected chi connectivity index (χ4v) is 2.72. The summed E-state index contributed by atoms with van der Waals surface area (Å²) in [6.07, 6.45) is 2.26. The smallest absolute Gasteiger partial charge is 0.335 e. The standard InChI is InChI=1S/C15H20O2.H4N2/c1-14(2)7-8-15(3,4)12-9-10(13(16)17)5-6-11(12)14;1-2/h5-6,9H,7-8H2,1-4H3,(H,16,17);1-2H2. The predicted molar refractivity (Wildman–Crippen MR) is 77.1 cm³/mol. The highest BCUT2D eigenvalue weighted by atomic mass is 16.4. The fraction of sp³-hybridized carbons (Fsp3) is 0.533. The van der Waals surface area contributed by atoms with Crippen LogP contribution in [0.15, 0.2) is 18.2 Å². The third-order valence-electron chi connectivity index (χ3n) is 4.10. The zero-order valence-electron chi connectivity index (χ0n) is 12.2. The number of hydrogen-bond donors (Lipinski definition) is 3. The van der Waals surface area contributed by atoms with Gasteiger partial charge in [-0.3, -0.25) is 11.7 Å². The number of fused-ring (bicyclic) bond motifs is 1. The minimum Gasteiger partial charge on any atom is -0.478 e. The number of benzene rings is 1. The summed E-state index contributed by atoms with van der Waals surface area (Å²) in [4.78, 5) is 11.1. The van der Waals surface area contributed by atoms with Crippen LogP contribution in [0.3, 0.4) is 0 Å². The second kappa shape index (κ2) is 5.31. The van der Waals surface area contributed by atoms with Crippen molar-refractivity contribution in [3.8, 4) is 0 Å². The van der Waals surface area contributed by atoms with Crippen LogP contribution in [0.5, 0.6) is 0 Å². The third-order valence-corrected chi connectivity index (χ3v) is 4.10. The Kier molecular flexibility index (Phi) is 4.38. The number of hydrazine groups is 1. The van der Waals surface area contributed by atoms with E-state index in [1.165, 1.54) is 11.1 Å². The van der Waals surface area contributed by atoms with E-state index in [-0.39, 0.29) is 10.8 Å². The Hall–Kier alpha value is -1.39. The van der Waals surface area contributed by atoms with Crippen LogP contribution in [-0.4, -0.2) is 11.1 Å². The number of carboxylic acid groups (broad SMARTS) is 1. The molecule has 0 bridgehead atoms. The van der Waals surface area contributed by atoms with Crippen molar-refractivity contribution in [1.82, 2.24) is 0 Å². The van der Waals surface area contributed by atoms with Gasteiger partial charge >= 0.3 is 5.97 Å². The number of carbonyl (C=O) groups is 1. The summed E-state index contributed by atoms with van der Waals surface area (Å²) in [5.41, 5.74) is 3.14. The summed E-state index contributed by atoms with van der Waals surface area (Å²) < 4.78 is 0.